The van der Waals surface area contributed by atoms with Gasteiger partial charge in [0.15, 0.2) is 0 Å². The van der Waals surface area contributed by atoms with E-state index in [1.165, 1.54) is 21.0 Å². The number of hydrogen-bond donors (Lipinski definition) is 1. The second kappa shape index (κ2) is 4.85. The molecule has 0 aromatic carbocycles. The lowest BCUT2D eigenvalue weighted by molar-refractivity contribution is 0.660. The van der Waals surface area contributed by atoms with Crippen molar-refractivity contribution >= 4 is 11.3 Å². The Morgan fingerprint density at radius 3 is 2.69 bits per heavy atom. The van der Waals surface area contributed by atoms with Gasteiger partial charge < -0.3 is 9.88 Å². The molecular formula is C13H18N2S. The highest BCUT2D eigenvalue weighted by molar-refractivity contribution is 7.12. The van der Waals surface area contributed by atoms with E-state index < -0.39 is 0 Å². The highest BCUT2D eigenvalue weighted by Gasteiger charge is 2.01. The topological polar surface area (TPSA) is 17.0 Å². The van der Waals surface area contributed by atoms with Crippen LogP contribution in [-0.4, -0.2) is 4.57 Å². The summed E-state index contributed by atoms with van der Waals surface area (Å²) in [6.45, 7) is 6.25. The number of nitrogens with zero attached hydrogens (tertiary/aromatic N) is 1. The Balaban J connectivity index is 1.87. The van der Waals surface area contributed by atoms with Gasteiger partial charge in [-0.1, -0.05) is 0 Å². The van der Waals surface area contributed by atoms with Gasteiger partial charge in [-0.05, 0) is 37.6 Å². The number of rotatable bonds is 4. The third-order valence-electron chi connectivity index (χ3n) is 2.87. The van der Waals surface area contributed by atoms with E-state index in [2.05, 4.69) is 55.2 Å². The molecule has 2 rings (SSSR count). The van der Waals surface area contributed by atoms with Crippen LogP contribution in [0.2, 0.25) is 0 Å². The molecule has 0 aliphatic heterocycles. The summed E-state index contributed by atoms with van der Waals surface area (Å²) in [6.07, 6.45) is 2.08. The standard InChI is InChI=1S/C13H18N2S/c1-10-7-13(16-11(10)2)9-14-8-12-5-4-6-15(12)3/h4-7,14H,8-9H2,1-3H3. The van der Waals surface area contributed by atoms with Gasteiger partial charge in [-0.2, -0.15) is 0 Å². The molecule has 2 heterocycles. The van der Waals surface area contributed by atoms with Crippen LogP contribution in [0.3, 0.4) is 0 Å². The molecule has 0 aliphatic rings. The predicted octanol–water partition coefficient (Wildman–Crippen LogP) is 2.99. The van der Waals surface area contributed by atoms with Crippen molar-refractivity contribution in [3.8, 4) is 0 Å². The monoisotopic (exact) mass is 234 g/mol. The van der Waals surface area contributed by atoms with Gasteiger partial charge in [-0.15, -0.1) is 11.3 Å². The molecule has 3 heteroatoms. The summed E-state index contributed by atoms with van der Waals surface area (Å²) < 4.78 is 2.15. The SMILES string of the molecule is Cc1cc(CNCc2cccn2C)sc1C. The molecule has 2 aromatic heterocycles. The zero-order valence-corrected chi connectivity index (χ0v) is 10.9. The van der Waals surface area contributed by atoms with Crippen molar-refractivity contribution in [3.05, 3.63) is 45.4 Å². The lowest BCUT2D eigenvalue weighted by Gasteiger charge is -2.04. The molecular weight excluding hydrogens is 216 g/mol. The average Bonchev–Trinajstić information content (AvgIpc) is 2.76. The fourth-order valence-electron chi connectivity index (χ4n) is 1.73. The molecule has 2 nitrogen and oxygen atoms in total. The minimum atomic E-state index is 0.930. The van der Waals surface area contributed by atoms with Crippen molar-refractivity contribution in [3.63, 3.8) is 0 Å². The molecule has 1 N–H and O–H groups in total. The van der Waals surface area contributed by atoms with Crippen molar-refractivity contribution in [1.29, 1.82) is 0 Å². The molecule has 2 aromatic rings. The largest absolute Gasteiger partial charge is 0.353 e. The van der Waals surface area contributed by atoms with Crippen LogP contribution < -0.4 is 5.32 Å². The van der Waals surface area contributed by atoms with Crippen molar-refractivity contribution in [1.82, 2.24) is 9.88 Å². The van der Waals surface area contributed by atoms with E-state index >= 15 is 0 Å². The van der Waals surface area contributed by atoms with Gasteiger partial charge in [0, 0.05) is 41.8 Å². The van der Waals surface area contributed by atoms with Gasteiger partial charge in [0.25, 0.3) is 0 Å². The zero-order valence-electron chi connectivity index (χ0n) is 10.1. The van der Waals surface area contributed by atoms with E-state index in [4.69, 9.17) is 0 Å². The lowest BCUT2D eigenvalue weighted by Crippen LogP contribution is -2.13. The maximum absolute atomic E-state index is 3.48. The number of hydrogen-bond acceptors (Lipinski definition) is 2. The van der Waals surface area contributed by atoms with Crippen LogP contribution in [0, 0.1) is 13.8 Å². The van der Waals surface area contributed by atoms with Gasteiger partial charge in [0.05, 0.1) is 0 Å². The van der Waals surface area contributed by atoms with Crippen molar-refractivity contribution in [2.45, 2.75) is 26.9 Å². The van der Waals surface area contributed by atoms with E-state index in [-0.39, 0.29) is 0 Å². The van der Waals surface area contributed by atoms with Crippen LogP contribution in [0.5, 0.6) is 0 Å². The Bertz CT molecular complexity index is 448. The molecule has 0 atom stereocenters. The number of thiophene rings is 1. The molecule has 0 amide bonds. The molecule has 0 bridgehead atoms. The number of aromatic nitrogens is 1. The Morgan fingerprint density at radius 2 is 2.12 bits per heavy atom. The Hall–Kier alpha value is -1.06. The van der Waals surface area contributed by atoms with Crippen LogP contribution in [0.1, 0.15) is 21.0 Å². The molecule has 0 spiro atoms. The van der Waals surface area contributed by atoms with Crippen LogP contribution in [0.25, 0.3) is 0 Å². The zero-order chi connectivity index (χ0) is 11.5. The first-order valence-corrected chi connectivity index (χ1v) is 6.35. The summed E-state index contributed by atoms with van der Waals surface area (Å²) in [5.41, 5.74) is 2.73. The molecule has 0 unspecified atom stereocenters. The van der Waals surface area contributed by atoms with Gasteiger partial charge in [0.2, 0.25) is 0 Å². The van der Waals surface area contributed by atoms with Gasteiger partial charge in [-0.25, -0.2) is 0 Å². The predicted molar refractivity (Wildman–Crippen MR) is 69.7 cm³/mol. The Labute approximate surface area is 101 Å². The maximum atomic E-state index is 3.48. The van der Waals surface area contributed by atoms with E-state index in [0.717, 1.165) is 13.1 Å². The van der Waals surface area contributed by atoms with E-state index in [1.807, 2.05) is 11.3 Å². The number of aryl methyl sites for hydroxylation is 3. The van der Waals surface area contributed by atoms with E-state index in [1.54, 1.807) is 0 Å². The first-order chi connectivity index (χ1) is 7.66. The fourth-order valence-corrected chi connectivity index (χ4v) is 2.75. The summed E-state index contributed by atoms with van der Waals surface area (Å²) in [5.74, 6) is 0. The number of nitrogens with one attached hydrogen (secondary N) is 1. The molecule has 86 valence electrons. The summed E-state index contributed by atoms with van der Waals surface area (Å²) in [4.78, 5) is 2.85. The molecule has 0 saturated carbocycles. The smallest absolute Gasteiger partial charge is 0.0362 e. The van der Waals surface area contributed by atoms with Gasteiger partial charge in [-0.3, -0.25) is 0 Å². The van der Waals surface area contributed by atoms with Gasteiger partial charge in [0.1, 0.15) is 0 Å². The highest BCUT2D eigenvalue weighted by Crippen LogP contribution is 2.20. The summed E-state index contributed by atoms with van der Waals surface area (Å²) in [6, 6.07) is 6.51. The Morgan fingerprint density at radius 1 is 1.31 bits per heavy atom. The average molecular weight is 234 g/mol. The molecule has 0 radical (unpaired) electrons. The van der Waals surface area contributed by atoms with E-state index in [9.17, 15) is 0 Å². The third-order valence-corrected chi connectivity index (χ3v) is 4.03. The Kier molecular flexibility index (Phi) is 3.46. The van der Waals surface area contributed by atoms with Crippen LogP contribution in [-0.2, 0) is 20.1 Å². The summed E-state index contributed by atoms with van der Waals surface area (Å²) in [7, 11) is 2.08. The summed E-state index contributed by atoms with van der Waals surface area (Å²) in [5, 5.41) is 3.48. The molecule has 0 fully saturated rings. The van der Waals surface area contributed by atoms with Crippen molar-refractivity contribution < 1.29 is 0 Å². The highest BCUT2D eigenvalue weighted by atomic mass is 32.1. The van der Waals surface area contributed by atoms with Crippen molar-refractivity contribution in [2.24, 2.45) is 7.05 Å². The van der Waals surface area contributed by atoms with E-state index in [0.29, 0.717) is 0 Å². The minimum absolute atomic E-state index is 0.930. The van der Waals surface area contributed by atoms with Crippen molar-refractivity contribution in [2.75, 3.05) is 0 Å². The first kappa shape index (κ1) is 11.4. The normalized spacial score (nSPS) is 10.9. The molecule has 0 aliphatic carbocycles. The van der Waals surface area contributed by atoms with Gasteiger partial charge >= 0.3 is 0 Å². The summed E-state index contributed by atoms with van der Waals surface area (Å²) >= 11 is 1.89. The maximum Gasteiger partial charge on any atom is 0.0362 e. The second-order valence-corrected chi connectivity index (χ2v) is 5.51. The minimum Gasteiger partial charge on any atom is -0.353 e. The van der Waals surface area contributed by atoms with Crippen LogP contribution in [0.15, 0.2) is 24.4 Å². The third kappa shape index (κ3) is 2.54. The first-order valence-electron chi connectivity index (χ1n) is 5.53. The van der Waals surface area contributed by atoms with Crippen LogP contribution in [0.4, 0.5) is 0 Å². The fraction of sp³-hybridized carbons (Fsp3) is 0.385. The molecule has 16 heavy (non-hydrogen) atoms. The molecule has 0 saturated heterocycles. The quantitative estimate of drug-likeness (QED) is 0.860. The van der Waals surface area contributed by atoms with Crippen LogP contribution >= 0.6 is 11.3 Å². The lowest BCUT2D eigenvalue weighted by atomic mass is 10.3. The second-order valence-electron chi connectivity index (χ2n) is 4.17.